The van der Waals surface area contributed by atoms with Gasteiger partial charge in [0.2, 0.25) is 0 Å². The quantitative estimate of drug-likeness (QED) is 0.492. The fourth-order valence-corrected chi connectivity index (χ4v) is 2.83. The Kier molecular flexibility index (Phi) is 3.65. The number of benzene rings is 1. The predicted octanol–water partition coefficient (Wildman–Crippen LogP) is 2.73. The highest BCUT2D eigenvalue weighted by Gasteiger charge is 2.58. The van der Waals surface area contributed by atoms with Crippen molar-refractivity contribution in [1.29, 1.82) is 0 Å². The molecule has 0 unspecified atom stereocenters. The summed E-state index contributed by atoms with van der Waals surface area (Å²) in [5.74, 6) is 0. The van der Waals surface area contributed by atoms with Crippen LogP contribution in [0.4, 0.5) is 15.3 Å². The van der Waals surface area contributed by atoms with Crippen molar-refractivity contribution in [1.82, 2.24) is 0 Å². The molecule has 0 heterocycles. The average molecular weight is 311 g/mol. The SMILES string of the molecule is C[C@]1(OC(=O)O)C[C@](OC(=O)O)(c2ccc([N+](=O)[O-])cc2)C1. The molecule has 1 saturated carbocycles. The first-order valence-electron chi connectivity index (χ1n) is 6.25. The minimum absolute atomic E-state index is 0.00356. The molecule has 0 saturated heterocycles. The van der Waals surface area contributed by atoms with Crippen molar-refractivity contribution in [3.63, 3.8) is 0 Å². The lowest BCUT2D eigenvalue weighted by Gasteiger charge is -2.51. The molecule has 0 bridgehead atoms. The summed E-state index contributed by atoms with van der Waals surface area (Å²) in [6.45, 7) is 1.52. The van der Waals surface area contributed by atoms with E-state index in [1.165, 1.54) is 31.2 Å². The Morgan fingerprint density at radius 2 is 1.64 bits per heavy atom. The number of nitrogens with zero attached hydrogens (tertiary/aromatic N) is 1. The molecule has 0 radical (unpaired) electrons. The average Bonchev–Trinajstić information content (AvgIpc) is 2.35. The first-order valence-corrected chi connectivity index (χ1v) is 6.25. The Hall–Kier alpha value is -2.84. The Morgan fingerprint density at radius 3 is 2.05 bits per heavy atom. The number of nitro groups is 1. The van der Waals surface area contributed by atoms with Gasteiger partial charge in [-0.05, 0) is 24.6 Å². The fourth-order valence-electron chi connectivity index (χ4n) is 2.83. The molecule has 9 nitrogen and oxygen atoms in total. The second-order valence-corrected chi connectivity index (χ2v) is 5.34. The lowest BCUT2D eigenvalue weighted by atomic mass is 9.64. The molecule has 1 aromatic carbocycles. The van der Waals surface area contributed by atoms with Crippen molar-refractivity contribution < 1.29 is 34.2 Å². The van der Waals surface area contributed by atoms with Gasteiger partial charge in [-0.1, -0.05) is 0 Å². The Labute approximate surface area is 124 Å². The van der Waals surface area contributed by atoms with Crippen LogP contribution in [-0.4, -0.2) is 33.0 Å². The van der Waals surface area contributed by atoms with E-state index in [0.717, 1.165) is 0 Å². The second-order valence-electron chi connectivity index (χ2n) is 5.34. The summed E-state index contributed by atoms with van der Waals surface area (Å²) >= 11 is 0. The highest BCUT2D eigenvalue weighted by molar-refractivity contribution is 5.60. The van der Waals surface area contributed by atoms with E-state index in [1.54, 1.807) is 0 Å². The molecule has 0 atom stereocenters. The number of carboxylic acid groups (broad SMARTS) is 2. The normalized spacial score (nSPS) is 26.6. The zero-order valence-electron chi connectivity index (χ0n) is 11.5. The zero-order valence-corrected chi connectivity index (χ0v) is 11.5. The highest BCUT2D eigenvalue weighted by Crippen LogP contribution is 2.53. The Morgan fingerprint density at radius 1 is 1.14 bits per heavy atom. The minimum atomic E-state index is -1.52. The predicted molar refractivity (Wildman–Crippen MR) is 70.6 cm³/mol. The molecular weight excluding hydrogens is 298 g/mol. The van der Waals surface area contributed by atoms with Crippen LogP contribution in [0.15, 0.2) is 24.3 Å². The van der Waals surface area contributed by atoms with Gasteiger partial charge in [-0.2, -0.15) is 0 Å². The van der Waals surface area contributed by atoms with Crippen LogP contribution in [0.3, 0.4) is 0 Å². The van der Waals surface area contributed by atoms with Gasteiger partial charge in [-0.25, -0.2) is 9.59 Å². The van der Waals surface area contributed by atoms with Crippen molar-refractivity contribution in [2.24, 2.45) is 0 Å². The summed E-state index contributed by atoms with van der Waals surface area (Å²) < 4.78 is 9.64. The second kappa shape index (κ2) is 5.17. The molecule has 0 amide bonds. The van der Waals surface area contributed by atoms with Crippen molar-refractivity contribution >= 4 is 18.0 Å². The smallest absolute Gasteiger partial charge is 0.450 e. The van der Waals surface area contributed by atoms with Gasteiger partial charge in [-0.15, -0.1) is 0 Å². The molecule has 2 rings (SSSR count). The maximum atomic E-state index is 10.9. The lowest BCUT2D eigenvalue weighted by molar-refractivity contribution is -0.384. The third-order valence-electron chi connectivity index (χ3n) is 3.54. The summed E-state index contributed by atoms with van der Waals surface area (Å²) in [5, 5.41) is 28.2. The van der Waals surface area contributed by atoms with Gasteiger partial charge in [-0.3, -0.25) is 10.1 Å². The van der Waals surface area contributed by atoms with E-state index in [1.807, 2.05) is 0 Å². The van der Waals surface area contributed by atoms with Crippen molar-refractivity contribution in [2.45, 2.75) is 31.0 Å². The summed E-state index contributed by atoms with van der Waals surface area (Å²) in [7, 11) is 0. The third-order valence-corrected chi connectivity index (χ3v) is 3.54. The van der Waals surface area contributed by atoms with Crippen LogP contribution in [0.1, 0.15) is 25.3 Å². The van der Waals surface area contributed by atoms with E-state index in [2.05, 4.69) is 0 Å². The number of nitro benzene ring substituents is 1. The lowest BCUT2D eigenvalue weighted by Crippen LogP contribution is -2.57. The molecule has 0 aliphatic heterocycles. The van der Waals surface area contributed by atoms with E-state index in [-0.39, 0.29) is 18.5 Å². The van der Waals surface area contributed by atoms with Crippen molar-refractivity contribution in [3.8, 4) is 0 Å². The molecule has 118 valence electrons. The molecule has 2 N–H and O–H groups in total. The summed E-state index contributed by atoms with van der Waals surface area (Å²) in [6.07, 6.45) is -2.99. The van der Waals surface area contributed by atoms with Crippen LogP contribution in [0.5, 0.6) is 0 Å². The van der Waals surface area contributed by atoms with Gasteiger partial charge in [0.05, 0.1) is 4.92 Å². The van der Waals surface area contributed by atoms with Crippen LogP contribution in [0, 0.1) is 10.1 Å². The number of rotatable bonds is 4. The molecular formula is C13H13NO8. The third kappa shape index (κ3) is 2.92. The Balaban J connectivity index is 2.27. The zero-order chi connectivity index (χ0) is 16.5. The highest BCUT2D eigenvalue weighted by atomic mass is 16.7. The van der Waals surface area contributed by atoms with Gasteiger partial charge in [0.15, 0.2) is 0 Å². The summed E-state index contributed by atoms with van der Waals surface area (Å²) in [4.78, 5) is 31.6. The van der Waals surface area contributed by atoms with E-state index in [9.17, 15) is 19.7 Å². The first kappa shape index (κ1) is 15.5. The minimum Gasteiger partial charge on any atom is -0.450 e. The van der Waals surface area contributed by atoms with Gasteiger partial charge >= 0.3 is 12.3 Å². The molecule has 1 aliphatic carbocycles. The van der Waals surface area contributed by atoms with Crippen LogP contribution in [0.2, 0.25) is 0 Å². The maximum absolute atomic E-state index is 10.9. The van der Waals surface area contributed by atoms with Gasteiger partial charge in [0, 0.05) is 25.0 Å². The fraction of sp³-hybridized carbons (Fsp3) is 0.385. The van der Waals surface area contributed by atoms with E-state index in [0.29, 0.717) is 5.56 Å². The number of non-ortho nitro benzene ring substituents is 1. The van der Waals surface area contributed by atoms with Crippen LogP contribution in [-0.2, 0) is 15.1 Å². The Bertz CT molecular complexity index is 617. The van der Waals surface area contributed by atoms with Crippen molar-refractivity contribution in [2.75, 3.05) is 0 Å². The van der Waals surface area contributed by atoms with Gasteiger partial charge < -0.3 is 19.7 Å². The van der Waals surface area contributed by atoms with E-state index >= 15 is 0 Å². The molecule has 1 aromatic rings. The van der Waals surface area contributed by atoms with Crippen LogP contribution >= 0.6 is 0 Å². The summed E-state index contributed by atoms with van der Waals surface area (Å²) in [5.41, 5.74) is -2.07. The van der Waals surface area contributed by atoms with E-state index in [4.69, 9.17) is 19.7 Å². The van der Waals surface area contributed by atoms with E-state index < -0.39 is 28.4 Å². The summed E-state index contributed by atoms with van der Waals surface area (Å²) in [6, 6.07) is 5.24. The van der Waals surface area contributed by atoms with Crippen LogP contribution < -0.4 is 0 Å². The van der Waals surface area contributed by atoms with Crippen molar-refractivity contribution in [3.05, 3.63) is 39.9 Å². The molecule has 22 heavy (non-hydrogen) atoms. The largest absolute Gasteiger partial charge is 0.506 e. The van der Waals surface area contributed by atoms with Gasteiger partial charge in [0.25, 0.3) is 5.69 Å². The number of hydrogen-bond acceptors (Lipinski definition) is 6. The molecule has 0 aromatic heterocycles. The number of ether oxygens (including phenoxy) is 2. The number of carbonyl (C=O) groups is 2. The monoisotopic (exact) mass is 311 g/mol. The standard InChI is InChI=1S/C13H13NO8/c1-12(21-10(15)16)6-13(7-12,22-11(17)18)8-2-4-9(5-3-8)14(19)20/h2-5H,6-7H2,1H3,(H,15,16)(H,17,18)/t12-,13+. The topological polar surface area (TPSA) is 136 Å². The first-order chi connectivity index (χ1) is 10.2. The molecule has 9 heteroatoms. The molecule has 1 fully saturated rings. The van der Waals surface area contributed by atoms with Crippen LogP contribution in [0.25, 0.3) is 0 Å². The van der Waals surface area contributed by atoms with Gasteiger partial charge in [0.1, 0.15) is 11.2 Å². The molecule has 0 spiro atoms. The maximum Gasteiger partial charge on any atom is 0.506 e. The number of hydrogen-bond donors (Lipinski definition) is 2. The molecule has 1 aliphatic rings.